The molecule has 0 amide bonds. The van der Waals surface area contributed by atoms with Gasteiger partial charge in [-0.3, -0.25) is 4.79 Å². The topological polar surface area (TPSA) is 45.8 Å². The highest BCUT2D eigenvalue weighted by atomic mass is 32.1. The van der Waals surface area contributed by atoms with Gasteiger partial charge in [0.25, 0.3) is 5.56 Å². The van der Waals surface area contributed by atoms with Gasteiger partial charge in [0.15, 0.2) is 5.82 Å². The fourth-order valence-corrected chi connectivity index (χ4v) is 3.31. The molecule has 3 rings (SSSR count). The molecule has 4 heteroatoms. The van der Waals surface area contributed by atoms with Crippen molar-refractivity contribution in [3.63, 3.8) is 0 Å². The van der Waals surface area contributed by atoms with Crippen molar-refractivity contribution in [3.05, 3.63) is 38.6 Å². The van der Waals surface area contributed by atoms with Crippen molar-refractivity contribution in [2.45, 2.75) is 39.0 Å². The van der Waals surface area contributed by atoms with Gasteiger partial charge in [-0.1, -0.05) is 6.92 Å². The maximum Gasteiger partial charge on any atom is 0.254 e. The van der Waals surface area contributed by atoms with Gasteiger partial charge in [-0.15, -0.1) is 11.3 Å². The first-order valence-corrected chi connectivity index (χ1v) is 7.30. The minimum Gasteiger partial charge on any atom is -0.306 e. The number of fused-ring (bicyclic) bond motifs is 1. The van der Waals surface area contributed by atoms with Crippen LogP contribution in [-0.4, -0.2) is 9.97 Å². The normalized spacial score (nSPS) is 14.5. The number of rotatable bonds is 2. The predicted octanol–water partition coefficient (Wildman–Crippen LogP) is 2.94. The molecule has 1 N–H and O–H groups in total. The van der Waals surface area contributed by atoms with Crippen LogP contribution in [0.3, 0.4) is 0 Å². The van der Waals surface area contributed by atoms with E-state index in [0.29, 0.717) is 0 Å². The first-order chi connectivity index (χ1) is 8.78. The molecule has 0 aromatic carbocycles. The van der Waals surface area contributed by atoms with Crippen molar-refractivity contribution < 1.29 is 0 Å². The summed E-state index contributed by atoms with van der Waals surface area (Å²) in [6, 6.07) is 4.16. The molecule has 0 fully saturated rings. The molecule has 0 atom stereocenters. The first kappa shape index (κ1) is 11.7. The maximum absolute atomic E-state index is 12.0. The summed E-state index contributed by atoms with van der Waals surface area (Å²) in [6.07, 6.45) is 5.10. The van der Waals surface area contributed by atoms with Crippen molar-refractivity contribution in [1.82, 2.24) is 9.97 Å². The molecule has 0 unspecified atom stereocenters. The Labute approximate surface area is 110 Å². The largest absolute Gasteiger partial charge is 0.306 e. The van der Waals surface area contributed by atoms with Crippen LogP contribution in [-0.2, 0) is 19.3 Å². The van der Waals surface area contributed by atoms with Crippen LogP contribution in [0.4, 0.5) is 0 Å². The van der Waals surface area contributed by atoms with Crippen molar-refractivity contribution in [2.75, 3.05) is 0 Å². The smallest absolute Gasteiger partial charge is 0.254 e. The van der Waals surface area contributed by atoms with Crippen molar-refractivity contribution in [3.8, 4) is 10.7 Å². The summed E-state index contributed by atoms with van der Waals surface area (Å²) < 4.78 is 0. The Bertz CT molecular complexity index is 627. The molecule has 2 aromatic heterocycles. The lowest BCUT2D eigenvalue weighted by atomic mass is 9.97. The molecule has 2 aromatic rings. The van der Waals surface area contributed by atoms with E-state index in [9.17, 15) is 4.79 Å². The molecular formula is C14H16N2OS. The van der Waals surface area contributed by atoms with E-state index in [-0.39, 0.29) is 5.56 Å². The van der Waals surface area contributed by atoms with Crippen LogP contribution in [0.1, 0.15) is 35.9 Å². The number of hydrogen-bond acceptors (Lipinski definition) is 3. The van der Waals surface area contributed by atoms with Crippen LogP contribution in [0, 0.1) is 0 Å². The van der Waals surface area contributed by atoms with Gasteiger partial charge in [-0.05, 0) is 44.2 Å². The molecule has 0 aliphatic heterocycles. The zero-order chi connectivity index (χ0) is 12.5. The average Bonchev–Trinajstić information content (AvgIpc) is 2.87. The molecule has 0 saturated carbocycles. The van der Waals surface area contributed by atoms with E-state index in [2.05, 4.69) is 29.0 Å². The van der Waals surface area contributed by atoms with Crippen molar-refractivity contribution >= 4 is 11.3 Å². The molecule has 94 valence electrons. The minimum atomic E-state index is 0.0566. The van der Waals surface area contributed by atoms with Crippen LogP contribution in [0.5, 0.6) is 0 Å². The third-order valence-electron chi connectivity index (χ3n) is 3.43. The van der Waals surface area contributed by atoms with Crippen LogP contribution in [0.2, 0.25) is 0 Å². The molecule has 1 aliphatic carbocycles. The molecule has 1 aliphatic rings. The molecule has 2 heterocycles. The molecule has 3 nitrogen and oxygen atoms in total. The average molecular weight is 260 g/mol. The number of aromatic amines is 1. The van der Waals surface area contributed by atoms with E-state index in [4.69, 9.17) is 0 Å². The Morgan fingerprint density at radius 2 is 2.17 bits per heavy atom. The highest BCUT2D eigenvalue weighted by Crippen LogP contribution is 2.26. The van der Waals surface area contributed by atoms with E-state index in [1.54, 1.807) is 11.3 Å². The molecule has 0 spiro atoms. The summed E-state index contributed by atoms with van der Waals surface area (Å²) in [5.41, 5.74) is 1.96. The van der Waals surface area contributed by atoms with E-state index in [1.807, 2.05) is 0 Å². The second kappa shape index (κ2) is 4.69. The van der Waals surface area contributed by atoms with Gasteiger partial charge in [0, 0.05) is 10.4 Å². The van der Waals surface area contributed by atoms with Gasteiger partial charge < -0.3 is 4.98 Å². The van der Waals surface area contributed by atoms with E-state index < -0.39 is 0 Å². The third kappa shape index (κ3) is 2.01. The highest BCUT2D eigenvalue weighted by molar-refractivity contribution is 7.15. The summed E-state index contributed by atoms with van der Waals surface area (Å²) in [6.45, 7) is 2.14. The quantitative estimate of drug-likeness (QED) is 0.902. The Hall–Kier alpha value is -1.42. The number of aromatic nitrogens is 2. The number of nitrogens with one attached hydrogen (secondary N) is 1. The SMILES string of the molecule is CCc1ccc(-c2nc3c(c(=O)[nH]2)CCCC3)s1. The monoisotopic (exact) mass is 260 g/mol. The standard InChI is InChI=1S/C14H16N2OS/c1-2-9-7-8-12(18-9)13-15-11-6-4-3-5-10(11)14(17)16-13/h7-8H,2-6H2,1H3,(H,15,16,17). The van der Waals surface area contributed by atoms with Crippen LogP contribution in [0.15, 0.2) is 16.9 Å². The number of nitrogens with zero attached hydrogens (tertiary/aromatic N) is 1. The fraction of sp³-hybridized carbons (Fsp3) is 0.429. The van der Waals surface area contributed by atoms with Crippen molar-refractivity contribution in [2.24, 2.45) is 0 Å². The summed E-state index contributed by atoms with van der Waals surface area (Å²) in [5.74, 6) is 0.741. The maximum atomic E-state index is 12.0. The van der Waals surface area contributed by atoms with E-state index in [0.717, 1.165) is 54.1 Å². The van der Waals surface area contributed by atoms with Crippen LogP contribution >= 0.6 is 11.3 Å². The Balaban J connectivity index is 2.07. The van der Waals surface area contributed by atoms with Gasteiger partial charge in [0.05, 0.1) is 10.6 Å². The summed E-state index contributed by atoms with van der Waals surface area (Å²) in [5, 5.41) is 0. The van der Waals surface area contributed by atoms with Gasteiger partial charge in [-0.25, -0.2) is 4.98 Å². The lowest BCUT2D eigenvalue weighted by Gasteiger charge is -2.13. The molecular weight excluding hydrogens is 244 g/mol. The summed E-state index contributed by atoms with van der Waals surface area (Å²) in [7, 11) is 0. The Morgan fingerprint density at radius 1 is 1.33 bits per heavy atom. The molecule has 0 bridgehead atoms. The lowest BCUT2D eigenvalue weighted by molar-refractivity contribution is 0.658. The second-order valence-electron chi connectivity index (χ2n) is 4.67. The number of aryl methyl sites for hydroxylation is 2. The zero-order valence-corrected chi connectivity index (χ0v) is 11.3. The van der Waals surface area contributed by atoms with Gasteiger partial charge in [-0.2, -0.15) is 0 Å². The minimum absolute atomic E-state index is 0.0566. The van der Waals surface area contributed by atoms with Crippen LogP contribution < -0.4 is 5.56 Å². The van der Waals surface area contributed by atoms with Crippen LogP contribution in [0.25, 0.3) is 10.7 Å². The number of thiophene rings is 1. The van der Waals surface area contributed by atoms with Crippen molar-refractivity contribution in [1.29, 1.82) is 0 Å². The molecule has 0 radical (unpaired) electrons. The zero-order valence-electron chi connectivity index (χ0n) is 10.5. The Morgan fingerprint density at radius 3 is 2.94 bits per heavy atom. The third-order valence-corrected chi connectivity index (χ3v) is 4.67. The summed E-state index contributed by atoms with van der Waals surface area (Å²) >= 11 is 1.71. The molecule has 18 heavy (non-hydrogen) atoms. The highest BCUT2D eigenvalue weighted by Gasteiger charge is 2.16. The van der Waals surface area contributed by atoms with E-state index in [1.165, 1.54) is 4.88 Å². The van der Waals surface area contributed by atoms with Gasteiger partial charge in [0.2, 0.25) is 0 Å². The second-order valence-corrected chi connectivity index (χ2v) is 5.83. The van der Waals surface area contributed by atoms with E-state index >= 15 is 0 Å². The fourth-order valence-electron chi connectivity index (χ4n) is 2.42. The summed E-state index contributed by atoms with van der Waals surface area (Å²) in [4.78, 5) is 22.0. The number of H-pyrrole nitrogens is 1. The van der Waals surface area contributed by atoms with Gasteiger partial charge in [0.1, 0.15) is 0 Å². The Kier molecular flexibility index (Phi) is 3.04. The first-order valence-electron chi connectivity index (χ1n) is 6.49. The number of hydrogen-bond donors (Lipinski definition) is 1. The molecule has 0 saturated heterocycles. The van der Waals surface area contributed by atoms with Gasteiger partial charge >= 0.3 is 0 Å². The predicted molar refractivity (Wildman–Crippen MR) is 74.2 cm³/mol. The lowest BCUT2D eigenvalue weighted by Crippen LogP contribution is -2.21.